The van der Waals surface area contributed by atoms with E-state index in [-0.39, 0.29) is 5.91 Å². The highest BCUT2D eigenvalue weighted by Crippen LogP contribution is 2.24. The van der Waals surface area contributed by atoms with Crippen LogP contribution < -0.4 is 15.8 Å². The molecule has 3 N–H and O–H groups in total. The Morgan fingerprint density at radius 2 is 1.78 bits per heavy atom. The van der Waals surface area contributed by atoms with Crippen LogP contribution in [0.3, 0.4) is 0 Å². The molecule has 122 valence electrons. The first-order valence-corrected chi connectivity index (χ1v) is 7.79. The Morgan fingerprint density at radius 1 is 1.13 bits per heavy atom. The molecule has 0 radical (unpaired) electrons. The molecule has 0 aromatic heterocycles. The lowest BCUT2D eigenvalue weighted by atomic mass is 10.0. The van der Waals surface area contributed by atoms with Gasteiger partial charge in [-0.3, -0.25) is 4.79 Å². The average Bonchev–Trinajstić information content (AvgIpc) is 2.51. The first-order chi connectivity index (χ1) is 11.0. The smallest absolute Gasteiger partial charge is 0.228 e. The maximum Gasteiger partial charge on any atom is 0.228 e. The monoisotopic (exact) mass is 312 g/mol. The van der Waals surface area contributed by atoms with E-state index < -0.39 is 0 Å². The summed E-state index contributed by atoms with van der Waals surface area (Å²) in [5.74, 6) is 1.19. The Hall–Kier alpha value is -2.49. The highest BCUT2D eigenvalue weighted by atomic mass is 16.5. The van der Waals surface area contributed by atoms with E-state index in [1.54, 1.807) is 25.3 Å². The standard InChI is InChI=1S/C19H24N2O2/c1-13(2)10-14-4-6-15(7-5-14)11-19(22)21-18-12-16(23-3)8-9-17(18)20/h4-9,12-13H,10-11,20H2,1-3H3,(H,21,22). The fourth-order valence-electron chi connectivity index (χ4n) is 2.42. The van der Waals surface area contributed by atoms with Crippen molar-refractivity contribution >= 4 is 17.3 Å². The molecule has 2 aromatic carbocycles. The molecule has 0 aliphatic carbocycles. The number of nitrogens with two attached hydrogens (primary N) is 1. The lowest BCUT2D eigenvalue weighted by Gasteiger charge is -2.10. The molecule has 0 fully saturated rings. The van der Waals surface area contributed by atoms with Gasteiger partial charge in [-0.05, 0) is 35.6 Å². The molecule has 4 nitrogen and oxygen atoms in total. The number of carbonyl (C=O) groups excluding carboxylic acids is 1. The summed E-state index contributed by atoms with van der Waals surface area (Å²) in [6.07, 6.45) is 1.37. The molecule has 0 saturated carbocycles. The van der Waals surface area contributed by atoms with Crippen molar-refractivity contribution < 1.29 is 9.53 Å². The SMILES string of the molecule is COc1ccc(N)c(NC(=O)Cc2ccc(CC(C)C)cc2)c1. The topological polar surface area (TPSA) is 64.3 Å². The van der Waals surface area contributed by atoms with E-state index in [2.05, 4.69) is 31.3 Å². The second kappa shape index (κ2) is 7.68. The molecule has 2 aromatic rings. The van der Waals surface area contributed by atoms with Gasteiger partial charge in [0, 0.05) is 6.07 Å². The van der Waals surface area contributed by atoms with E-state index in [0.717, 1.165) is 12.0 Å². The second-order valence-electron chi connectivity index (χ2n) is 6.09. The summed E-state index contributed by atoms with van der Waals surface area (Å²) in [6, 6.07) is 13.4. The maximum atomic E-state index is 12.2. The summed E-state index contributed by atoms with van der Waals surface area (Å²) in [6.45, 7) is 4.39. The van der Waals surface area contributed by atoms with Crippen molar-refractivity contribution in [2.45, 2.75) is 26.7 Å². The molecule has 0 bridgehead atoms. The zero-order chi connectivity index (χ0) is 16.8. The van der Waals surface area contributed by atoms with Crippen LogP contribution in [0.25, 0.3) is 0 Å². The minimum Gasteiger partial charge on any atom is -0.497 e. The molecule has 4 heteroatoms. The molecule has 23 heavy (non-hydrogen) atoms. The third-order valence-corrected chi connectivity index (χ3v) is 3.57. The fraction of sp³-hybridized carbons (Fsp3) is 0.316. The van der Waals surface area contributed by atoms with Crippen LogP contribution in [0.5, 0.6) is 5.75 Å². The van der Waals surface area contributed by atoms with E-state index in [4.69, 9.17) is 10.5 Å². The van der Waals surface area contributed by atoms with Gasteiger partial charge in [-0.15, -0.1) is 0 Å². The van der Waals surface area contributed by atoms with Gasteiger partial charge in [-0.25, -0.2) is 0 Å². The van der Waals surface area contributed by atoms with Gasteiger partial charge in [0.1, 0.15) is 5.75 Å². The van der Waals surface area contributed by atoms with E-state index in [1.807, 2.05) is 12.1 Å². The number of ether oxygens (including phenoxy) is 1. The fourth-order valence-corrected chi connectivity index (χ4v) is 2.42. The minimum atomic E-state index is -0.0958. The quantitative estimate of drug-likeness (QED) is 0.800. The molecular formula is C19H24N2O2. The molecule has 0 heterocycles. The van der Waals surface area contributed by atoms with Gasteiger partial charge in [0.2, 0.25) is 5.91 Å². The number of nitrogen functional groups attached to an aromatic ring is 1. The molecule has 0 atom stereocenters. The summed E-state index contributed by atoms with van der Waals surface area (Å²) < 4.78 is 5.15. The number of hydrogen-bond acceptors (Lipinski definition) is 3. The third kappa shape index (κ3) is 5.02. The Bertz CT molecular complexity index is 664. The van der Waals surface area contributed by atoms with Gasteiger partial charge in [0.05, 0.1) is 24.9 Å². The highest BCUT2D eigenvalue weighted by molar-refractivity contribution is 5.95. The Morgan fingerprint density at radius 3 is 2.39 bits per heavy atom. The maximum absolute atomic E-state index is 12.2. The van der Waals surface area contributed by atoms with Crippen LogP contribution >= 0.6 is 0 Å². The Balaban J connectivity index is 1.99. The van der Waals surface area contributed by atoms with Gasteiger partial charge < -0.3 is 15.8 Å². The summed E-state index contributed by atoms with van der Waals surface area (Å²) in [7, 11) is 1.58. The van der Waals surface area contributed by atoms with Crippen molar-refractivity contribution in [3.05, 3.63) is 53.6 Å². The van der Waals surface area contributed by atoms with Gasteiger partial charge in [0.15, 0.2) is 0 Å². The third-order valence-electron chi connectivity index (χ3n) is 3.57. The van der Waals surface area contributed by atoms with Crippen molar-refractivity contribution in [2.75, 3.05) is 18.2 Å². The number of hydrogen-bond donors (Lipinski definition) is 2. The van der Waals surface area contributed by atoms with Crippen LogP contribution in [0, 0.1) is 5.92 Å². The van der Waals surface area contributed by atoms with E-state index in [1.165, 1.54) is 5.56 Å². The van der Waals surface area contributed by atoms with E-state index in [0.29, 0.717) is 29.5 Å². The zero-order valence-electron chi connectivity index (χ0n) is 13.9. The predicted molar refractivity (Wildman–Crippen MR) is 94.7 cm³/mol. The number of benzene rings is 2. The molecule has 2 rings (SSSR count). The van der Waals surface area contributed by atoms with E-state index in [9.17, 15) is 4.79 Å². The molecule has 0 saturated heterocycles. The molecule has 0 aliphatic rings. The van der Waals surface area contributed by atoms with Crippen molar-refractivity contribution in [3.8, 4) is 5.75 Å². The normalized spacial score (nSPS) is 10.6. The lowest BCUT2D eigenvalue weighted by molar-refractivity contribution is -0.115. The van der Waals surface area contributed by atoms with Crippen LogP contribution in [0.2, 0.25) is 0 Å². The minimum absolute atomic E-state index is 0.0958. The van der Waals surface area contributed by atoms with Crippen molar-refractivity contribution in [1.29, 1.82) is 0 Å². The van der Waals surface area contributed by atoms with Crippen LogP contribution in [-0.2, 0) is 17.6 Å². The van der Waals surface area contributed by atoms with Crippen LogP contribution in [0.15, 0.2) is 42.5 Å². The van der Waals surface area contributed by atoms with Gasteiger partial charge in [-0.1, -0.05) is 38.1 Å². The number of nitrogens with one attached hydrogen (secondary N) is 1. The number of amides is 1. The summed E-state index contributed by atoms with van der Waals surface area (Å²) in [4.78, 5) is 12.2. The summed E-state index contributed by atoms with van der Waals surface area (Å²) in [5.41, 5.74) is 9.25. The van der Waals surface area contributed by atoms with Gasteiger partial charge in [0.25, 0.3) is 0 Å². The molecule has 0 spiro atoms. The predicted octanol–water partition coefficient (Wildman–Crippen LogP) is 3.66. The number of methoxy groups -OCH3 is 1. The average molecular weight is 312 g/mol. The number of anilines is 2. The largest absolute Gasteiger partial charge is 0.497 e. The molecule has 1 amide bonds. The second-order valence-corrected chi connectivity index (χ2v) is 6.09. The first kappa shape index (κ1) is 16.9. The zero-order valence-corrected chi connectivity index (χ0v) is 13.9. The highest BCUT2D eigenvalue weighted by Gasteiger charge is 2.08. The Kier molecular flexibility index (Phi) is 5.63. The molecule has 0 unspecified atom stereocenters. The van der Waals surface area contributed by atoms with Crippen LogP contribution in [0.1, 0.15) is 25.0 Å². The lowest BCUT2D eigenvalue weighted by Crippen LogP contribution is -2.15. The Labute approximate surface area is 137 Å². The van der Waals surface area contributed by atoms with Crippen molar-refractivity contribution in [3.63, 3.8) is 0 Å². The van der Waals surface area contributed by atoms with Crippen LogP contribution in [-0.4, -0.2) is 13.0 Å². The number of carbonyl (C=O) groups is 1. The van der Waals surface area contributed by atoms with Crippen molar-refractivity contribution in [2.24, 2.45) is 5.92 Å². The van der Waals surface area contributed by atoms with Gasteiger partial charge >= 0.3 is 0 Å². The molecular weight excluding hydrogens is 288 g/mol. The van der Waals surface area contributed by atoms with Crippen LogP contribution in [0.4, 0.5) is 11.4 Å². The van der Waals surface area contributed by atoms with E-state index >= 15 is 0 Å². The molecule has 0 aliphatic heterocycles. The van der Waals surface area contributed by atoms with Gasteiger partial charge in [-0.2, -0.15) is 0 Å². The number of rotatable bonds is 6. The first-order valence-electron chi connectivity index (χ1n) is 7.79. The summed E-state index contributed by atoms with van der Waals surface area (Å²) in [5, 5.41) is 2.84. The van der Waals surface area contributed by atoms with Crippen molar-refractivity contribution in [1.82, 2.24) is 0 Å². The summed E-state index contributed by atoms with van der Waals surface area (Å²) >= 11 is 0.